The van der Waals surface area contributed by atoms with Gasteiger partial charge in [0, 0.05) is 13.3 Å². The molecule has 1 atom stereocenters. The van der Waals surface area contributed by atoms with Crippen molar-refractivity contribution < 1.29 is 14.3 Å². The first-order chi connectivity index (χ1) is 10.4. The molecule has 0 heterocycles. The largest absolute Gasteiger partial charge is 0.468 e. The summed E-state index contributed by atoms with van der Waals surface area (Å²) in [6.45, 7) is 0. The first-order valence-electron chi connectivity index (χ1n) is 5.78. The highest BCUT2D eigenvalue weighted by Crippen LogP contribution is 2.38. The Morgan fingerprint density at radius 1 is 1.41 bits per heavy atom. The van der Waals surface area contributed by atoms with Crippen molar-refractivity contribution in [3.8, 4) is 6.07 Å². The number of halogens is 3. The molecule has 0 fully saturated rings. The van der Waals surface area contributed by atoms with Crippen molar-refractivity contribution in [3.63, 3.8) is 0 Å². The average Bonchev–Trinajstić information content (AvgIpc) is 2.51. The molecule has 1 N–H and O–H groups in total. The molecule has 1 rings (SSSR count). The number of esters is 1. The Morgan fingerprint density at radius 2 is 2.05 bits per heavy atom. The topological polar surface area (TPSA) is 91.5 Å². The van der Waals surface area contributed by atoms with Crippen molar-refractivity contribution in [3.05, 3.63) is 26.7 Å². The summed E-state index contributed by atoms with van der Waals surface area (Å²) in [5.74, 6) is -2.52. The number of rotatable bonds is 4. The van der Waals surface area contributed by atoms with E-state index in [1.165, 1.54) is 13.1 Å². The van der Waals surface area contributed by atoms with Crippen LogP contribution in [0.15, 0.2) is 11.1 Å². The predicted molar refractivity (Wildman–Crippen MR) is 84.1 cm³/mol. The average molecular weight is 363 g/mol. The zero-order chi connectivity index (χ0) is 16.9. The lowest BCUT2D eigenvalue weighted by atomic mass is 10.1. The summed E-state index contributed by atoms with van der Waals surface area (Å²) in [5.41, 5.74) is 0.0517. The van der Waals surface area contributed by atoms with Gasteiger partial charge in [-0.05, 0) is 6.07 Å². The highest BCUT2D eigenvalue weighted by Gasteiger charge is 2.21. The van der Waals surface area contributed by atoms with Gasteiger partial charge >= 0.3 is 5.97 Å². The molecule has 0 aliphatic carbocycles. The molecular weight excluding hydrogens is 353 g/mol. The van der Waals surface area contributed by atoms with Crippen molar-refractivity contribution in [2.24, 2.45) is 10.9 Å². The van der Waals surface area contributed by atoms with Gasteiger partial charge in [0.05, 0.1) is 39.5 Å². The van der Waals surface area contributed by atoms with E-state index in [1.807, 2.05) is 0 Å². The van der Waals surface area contributed by atoms with E-state index in [9.17, 15) is 9.59 Å². The summed E-state index contributed by atoms with van der Waals surface area (Å²) in [6.07, 6.45) is 1.05. The summed E-state index contributed by atoms with van der Waals surface area (Å²) in [5, 5.41) is 11.2. The number of hydrogen-bond donors (Lipinski definition) is 1. The van der Waals surface area contributed by atoms with E-state index in [0.29, 0.717) is 0 Å². The van der Waals surface area contributed by atoms with E-state index >= 15 is 0 Å². The Kier molecular flexibility index (Phi) is 6.62. The van der Waals surface area contributed by atoms with Gasteiger partial charge in [-0.3, -0.25) is 14.6 Å². The molecule has 1 unspecified atom stereocenters. The number of nitriles is 1. The molecule has 0 aliphatic rings. The van der Waals surface area contributed by atoms with Crippen LogP contribution in [-0.4, -0.2) is 32.2 Å². The number of amides is 1. The van der Waals surface area contributed by atoms with Crippen LogP contribution in [0.4, 0.5) is 5.69 Å². The number of hydrogen-bond acceptors (Lipinski definition) is 5. The summed E-state index contributed by atoms with van der Waals surface area (Å²) in [7, 11) is 2.55. The zero-order valence-corrected chi connectivity index (χ0v) is 13.8. The highest BCUT2D eigenvalue weighted by atomic mass is 35.5. The van der Waals surface area contributed by atoms with Crippen LogP contribution in [-0.2, 0) is 9.53 Å². The Morgan fingerprint density at radius 3 is 2.55 bits per heavy atom. The first kappa shape index (κ1) is 18.2. The molecule has 0 spiro atoms. The van der Waals surface area contributed by atoms with Gasteiger partial charge in [0.25, 0.3) is 5.91 Å². The molecule has 1 aromatic rings. The number of carbonyl (C=O) groups is 2. The molecule has 1 aromatic carbocycles. The number of methoxy groups -OCH3 is 1. The lowest BCUT2D eigenvalue weighted by molar-refractivity contribution is -0.141. The first-order valence-corrected chi connectivity index (χ1v) is 6.91. The van der Waals surface area contributed by atoms with Crippen LogP contribution < -0.4 is 5.32 Å². The van der Waals surface area contributed by atoms with Gasteiger partial charge in [-0.2, -0.15) is 5.26 Å². The minimum atomic E-state index is -1.21. The second kappa shape index (κ2) is 7.99. The van der Waals surface area contributed by atoms with Crippen LogP contribution in [0.25, 0.3) is 0 Å². The van der Waals surface area contributed by atoms with Gasteiger partial charge in [-0.15, -0.1) is 0 Å². The molecule has 22 heavy (non-hydrogen) atoms. The maximum atomic E-state index is 11.8. The maximum absolute atomic E-state index is 11.8. The van der Waals surface area contributed by atoms with Gasteiger partial charge in [0.15, 0.2) is 5.92 Å². The smallest absolute Gasteiger partial charge is 0.328 e. The quantitative estimate of drug-likeness (QED) is 0.506. The SMILES string of the molecule is CNC(=O)c1c(Cl)c(Cl)cc(N=CC(C#N)C(=O)OC)c1Cl. The monoisotopic (exact) mass is 361 g/mol. The number of ether oxygens (including phenoxy) is 1. The van der Waals surface area contributed by atoms with Crippen LogP contribution in [0, 0.1) is 17.2 Å². The molecule has 0 radical (unpaired) electrons. The Balaban J connectivity index is 3.33. The lowest BCUT2D eigenvalue weighted by Crippen LogP contribution is -2.19. The second-order valence-electron chi connectivity index (χ2n) is 3.87. The van der Waals surface area contributed by atoms with Crippen LogP contribution in [0.5, 0.6) is 0 Å². The maximum Gasteiger partial charge on any atom is 0.328 e. The molecular formula is C13H10Cl3N3O3. The van der Waals surface area contributed by atoms with Crippen molar-refractivity contribution in [1.29, 1.82) is 5.26 Å². The summed E-state index contributed by atoms with van der Waals surface area (Å²) >= 11 is 18.0. The number of aliphatic imine (C=N–C) groups is 1. The molecule has 6 nitrogen and oxygen atoms in total. The van der Waals surface area contributed by atoms with Gasteiger partial charge < -0.3 is 10.1 Å². The van der Waals surface area contributed by atoms with Gasteiger partial charge in [-0.1, -0.05) is 34.8 Å². The van der Waals surface area contributed by atoms with E-state index in [1.54, 1.807) is 6.07 Å². The van der Waals surface area contributed by atoms with E-state index in [-0.39, 0.29) is 26.3 Å². The number of nitrogens with zero attached hydrogens (tertiary/aromatic N) is 2. The molecule has 0 saturated carbocycles. The third-order valence-electron chi connectivity index (χ3n) is 2.55. The molecule has 116 valence electrons. The summed E-state index contributed by atoms with van der Waals surface area (Å²) < 4.78 is 4.45. The molecule has 0 saturated heterocycles. The van der Waals surface area contributed by atoms with Gasteiger partial charge in [0.1, 0.15) is 0 Å². The fraction of sp³-hybridized carbons (Fsp3) is 0.231. The fourth-order valence-electron chi connectivity index (χ4n) is 1.44. The molecule has 1 amide bonds. The molecule has 9 heteroatoms. The zero-order valence-electron chi connectivity index (χ0n) is 11.5. The predicted octanol–water partition coefficient (Wildman–Crippen LogP) is 3.02. The van der Waals surface area contributed by atoms with Crippen LogP contribution in [0.3, 0.4) is 0 Å². The van der Waals surface area contributed by atoms with Crippen molar-refractivity contribution in [2.75, 3.05) is 14.2 Å². The van der Waals surface area contributed by atoms with Crippen molar-refractivity contribution in [2.45, 2.75) is 0 Å². The normalized spacial score (nSPS) is 11.8. The van der Waals surface area contributed by atoms with E-state index < -0.39 is 17.8 Å². The van der Waals surface area contributed by atoms with Crippen molar-refractivity contribution in [1.82, 2.24) is 5.32 Å². The molecule has 0 bridgehead atoms. The molecule has 0 aliphatic heterocycles. The third kappa shape index (κ3) is 3.89. The molecule has 0 aromatic heterocycles. The Labute approximate surface area is 141 Å². The van der Waals surface area contributed by atoms with Crippen LogP contribution in [0.1, 0.15) is 10.4 Å². The third-order valence-corrected chi connectivity index (χ3v) is 3.72. The van der Waals surface area contributed by atoms with E-state index in [0.717, 1.165) is 13.3 Å². The van der Waals surface area contributed by atoms with E-state index in [4.69, 9.17) is 40.1 Å². The lowest BCUT2D eigenvalue weighted by Gasteiger charge is -2.10. The minimum absolute atomic E-state index is 0.0187. The van der Waals surface area contributed by atoms with E-state index in [2.05, 4.69) is 15.0 Å². The van der Waals surface area contributed by atoms with Gasteiger partial charge in [0.2, 0.25) is 0 Å². The Bertz CT molecular complexity index is 683. The number of carbonyl (C=O) groups excluding carboxylic acids is 2. The summed E-state index contributed by atoms with van der Waals surface area (Å²) in [4.78, 5) is 27.0. The summed E-state index contributed by atoms with van der Waals surface area (Å²) in [6, 6.07) is 3.03. The highest BCUT2D eigenvalue weighted by molar-refractivity contribution is 6.47. The Hall–Kier alpha value is -1.81. The number of nitrogens with one attached hydrogen (secondary N) is 1. The fourth-order valence-corrected chi connectivity index (χ4v) is 2.20. The van der Waals surface area contributed by atoms with Crippen LogP contribution >= 0.6 is 34.8 Å². The van der Waals surface area contributed by atoms with Crippen LogP contribution in [0.2, 0.25) is 15.1 Å². The van der Waals surface area contributed by atoms with Gasteiger partial charge in [-0.25, -0.2) is 0 Å². The standard InChI is InChI=1S/C13H10Cl3N3O3/c1-18-12(20)9-10(15)7(14)3-8(11(9)16)19-5-6(4-17)13(21)22-2/h3,5-6H,1-2H3,(H,18,20). The minimum Gasteiger partial charge on any atom is -0.468 e. The van der Waals surface area contributed by atoms with Crippen molar-refractivity contribution >= 4 is 58.6 Å². The number of benzene rings is 1. The second-order valence-corrected chi connectivity index (χ2v) is 5.03.